The lowest BCUT2D eigenvalue weighted by molar-refractivity contribution is 0.402. The summed E-state index contributed by atoms with van der Waals surface area (Å²) in [5.74, 6) is 0.474. The number of halogens is 1. The molecule has 1 aliphatic heterocycles. The Balaban J connectivity index is 1.35. The lowest BCUT2D eigenvalue weighted by atomic mass is 10.1. The first-order valence-corrected chi connectivity index (χ1v) is 13.2. The van der Waals surface area contributed by atoms with E-state index in [2.05, 4.69) is 86.5 Å². The van der Waals surface area contributed by atoms with Crippen molar-refractivity contribution < 1.29 is 4.39 Å². The van der Waals surface area contributed by atoms with E-state index in [4.69, 9.17) is 4.98 Å². The van der Waals surface area contributed by atoms with Crippen LogP contribution in [0.15, 0.2) is 85.2 Å². The van der Waals surface area contributed by atoms with Crippen LogP contribution in [0.3, 0.4) is 0 Å². The molecule has 0 unspecified atom stereocenters. The molecule has 6 rings (SSSR count). The first kappa shape index (κ1) is 25.0. The average Bonchev–Trinajstić information content (AvgIpc) is 3.33. The Labute approximate surface area is 227 Å². The molecule has 5 aromatic rings. The predicted molar refractivity (Wildman–Crippen MR) is 156 cm³/mol. The number of hydrogen-bond donors (Lipinski definition) is 2. The van der Waals surface area contributed by atoms with Crippen LogP contribution in [0.5, 0.6) is 0 Å². The standard InChI is InChI=1S/C31H32FN7/c1-37(2)21-22-12-16-39-29(19-22)36-30(23-3-5-25(32)6-4-23)31(39)24-11-13-34-28(20-24)35-26-7-9-27(10-8-26)38-17-14-33-15-18-38/h3-13,16,19-20,33H,14-15,17-18,21H2,1-2H3,(H,34,35). The molecular formula is C31H32FN7. The first-order chi connectivity index (χ1) is 19.0. The maximum absolute atomic E-state index is 13.7. The minimum atomic E-state index is -0.268. The summed E-state index contributed by atoms with van der Waals surface area (Å²) in [6.45, 7) is 4.88. The van der Waals surface area contributed by atoms with E-state index in [9.17, 15) is 4.39 Å². The molecular weight excluding hydrogens is 489 g/mol. The lowest BCUT2D eigenvalue weighted by Crippen LogP contribution is -2.43. The Morgan fingerprint density at radius 2 is 1.69 bits per heavy atom. The Kier molecular flexibility index (Phi) is 6.96. The molecule has 1 aliphatic rings. The number of rotatable bonds is 7. The second-order valence-corrected chi connectivity index (χ2v) is 10.2. The number of fused-ring (bicyclic) bond motifs is 1. The predicted octanol–water partition coefficient (Wildman–Crippen LogP) is 5.42. The summed E-state index contributed by atoms with van der Waals surface area (Å²) in [6, 6.07) is 23.3. The molecule has 2 aromatic carbocycles. The van der Waals surface area contributed by atoms with Gasteiger partial charge in [-0.15, -0.1) is 0 Å². The van der Waals surface area contributed by atoms with Crippen LogP contribution in [0.1, 0.15) is 5.56 Å². The van der Waals surface area contributed by atoms with Crippen LogP contribution in [-0.4, -0.2) is 59.5 Å². The van der Waals surface area contributed by atoms with E-state index in [-0.39, 0.29) is 5.82 Å². The summed E-state index contributed by atoms with van der Waals surface area (Å²) < 4.78 is 15.8. The molecule has 0 saturated carbocycles. The summed E-state index contributed by atoms with van der Waals surface area (Å²) in [7, 11) is 4.10. The van der Waals surface area contributed by atoms with Crippen LogP contribution in [0.4, 0.5) is 21.6 Å². The molecule has 39 heavy (non-hydrogen) atoms. The van der Waals surface area contributed by atoms with Gasteiger partial charge in [0.1, 0.15) is 17.3 Å². The van der Waals surface area contributed by atoms with Gasteiger partial charge in [-0.2, -0.15) is 0 Å². The van der Waals surface area contributed by atoms with E-state index in [1.54, 1.807) is 18.3 Å². The van der Waals surface area contributed by atoms with E-state index in [0.29, 0.717) is 0 Å². The molecule has 1 fully saturated rings. The third-order valence-electron chi connectivity index (χ3n) is 6.96. The summed E-state index contributed by atoms with van der Waals surface area (Å²) in [6.07, 6.45) is 3.87. The van der Waals surface area contributed by atoms with E-state index >= 15 is 0 Å². The van der Waals surface area contributed by atoms with Crippen molar-refractivity contribution in [1.82, 2.24) is 24.6 Å². The summed E-state index contributed by atoms with van der Waals surface area (Å²) in [4.78, 5) is 14.1. The van der Waals surface area contributed by atoms with Gasteiger partial charge in [0.25, 0.3) is 0 Å². The van der Waals surface area contributed by atoms with Crippen molar-refractivity contribution in [3.05, 3.63) is 96.6 Å². The van der Waals surface area contributed by atoms with Gasteiger partial charge in [0.15, 0.2) is 0 Å². The molecule has 3 aromatic heterocycles. The number of hydrogen-bond acceptors (Lipinski definition) is 6. The molecule has 0 atom stereocenters. The third-order valence-corrected chi connectivity index (χ3v) is 6.96. The molecule has 1 saturated heterocycles. The second kappa shape index (κ2) is 10.8. The van der Waals surface area contributed by atoms with Crippen molar-refractivity contribution in [2.45, 2.75) is 6.54 Å². The summed E-state index contributed by atoms with van der Waals surface area (Å²) in [5.41, 5.74) is 7.80. The third kappa shape index (κ3) is 5.48. The molecule has 8 heteroatoms. The van der Waals surface area contributed by atoms with Crippen LogP contribution in [-0.2, 0) is 6.54 Å². The van der Waals surface area contributed by atoms with Crippen LogP contribution < -0.4 is 15.5 Å². The van der Waals surface area contributed by atoms with Crippen molar-refractivity contribution in [3.8, 4) is 22.5 Å². The SMILES string of the molecule is CN(C)Cc1ccn2c(-c3ccnc(Nc4ccc(N5CCNCC5)cc4)c3)c(-c3ccc(F)cc3)nc2c1. The number of nitrogens with zero attached hydrogens (tertiary/aromatic N) is 5. The molecule has 0 spiro atoms. The van der Waals surface area contributed by atoms with Crippen LogP contribution in [0.25, 0.3) is 28.2 Å². The Bertz CT molecular complexity index is 1570. The van der Waals surface area contributed by atoms with Crippen molar-refractivity contribution in [1.29, 1.82) is 0 Å². The minimum Gasteiger partial charge on any atom is -0.369 e. The van der Waals surface area contributed by atoms with Crippen molar-refractivity contribution in [3.63, 3.8) is 0 Å². The van der Waals surface area contributed by atoms with Gasteiger partial charge in [0.2, 0.25) is 0 Å². The number of nitrogens with one attached hydrogen (secondary N) is 2. The van der Waals surface area contributed by atoms with E-state index < -0.39 is 0 Å². The highest BCUT2D eigenvalue weighted by atomic mass is 19.1. The summed E-state index contributed by atoms with van der Waals surface area (Å²) in [5, 5.41) is 6.85. The average molecular weight is 522 g/mol. The zero-order valence-corrected chi connectivity index (χ0v) is 22.2. The molecule has 2 N–H and O–H groups in total. The normalized spacial score (nSPS) is 13.8. The fraction of sp³-hybridized carbons (Fsp3) is 0.226. The summed E-state index contributed by atoms with van der Waals surface area (Å²) >= 11 is 0. The lowest BCUT2D eigenvalue weighted by Gasteiger charge is -2.29. The van der Waals surface area contributed by atoms with Gasteiger partial charge < -0.3 is 20.4 Å². The molecule has 0 radical (unpaired) electrons. The highest BCUT2D eigenvalue weighted by Gasteiger charge is 2.18. The second-order valence-electron chi connectivity index (χ2n) is 10.2. The fourth-order valence-corrected chi connectivity index (χ4v) is 5.11. The highest BCUT2D eigenvalue weighted by Crippen LogP contribution is 2.34. The first-order valence-electron chi connectivity index (χ1n) is 13.2. The van der Waals surface area contributed by atoms with Crippen molar-refractivity contribution >= 4 is 22.8 Å². The van der Waals surface area contributed by atoms with Crippen molar-refractivity contribution in [2.24, 2.45) is 0 Å². The topological polar surface area (TPSA) is 60.7 Å². The fourth-order valence-electron chi connectivity index (χ4n) is 5.11. The van der Waals surface area contributed by atoms with E-state index in [0.717, 1.165) is 72.4 Å². The Hall–Kier alpha value is -4.27. The van der Waals surface area contributed by atoms with Gasteiger partial charge in [-0.1, -0.05) is 0 Å². The monoisotopic (exact) mass is 521 g/mol. The number of benzene rings is 2. The van der Waals surface area contributed by atoms with Gasteiger partial charge in [-0.25, -0.2) is 14.4 Å². The molecule has 4 heterocycles. The maximum Gasteiger partial charge on any atom is 0.138 e. The smallest absolute Gasteiger partial charge is 0.138 e. The minimum absolute atomic E-state index is 0.268. The molecule has 0 amide bonds. The van der Waals surface area contributed by atoms with E-state index in [1.807, 2.05) is 12.1 Å². The Morgan fingerprint density at radius 3 is 2.44 bits per heavy atom. The molecule has 7 nitrogen and oxygen atoms in total. The number of piperazine rings is 1. The number of aromatic nitrogens is 3. The van der Waals surface area contributed by atoms with Crippen LogP contribution in [0.2, 0.25) is 0 Å². The zero-order chi connectivity index (χ0) is 26.8. The van der Waals surface area contributed by atoms with E-state index in [1.165, 1.54) is 23.4 Å². The molecule has 0 bridgehead atoms. The van der Waals surface area contributed by atoms with Gasteiger partial charge in [0.05, 0.1) is 11.4 Å². The van der Waals surface area contributed by atoms with Crippen LogP contribution in [0, 0.1) is 5.82 Å². The van der Waals surface area contributed by atoms with Gasteiger partial charge in [-0.3, -0.25) is 4.40 Å². The van der Waals surface area contributed by atoms with Crippen LogP contribution >= 0.6 is 0 Å². The highest BCUT2D eigenvalue weighted by molar-refractivity contribution is 5.83. The zero-order valence-electron chi connectivity index (χ0n) is 22.2. The number of pyridine rings is 2. The van der Waals surface area contributed by atoms with Gasteiger partial charge in [0, 0.05) is 67.6 Å². The largest absolute Gasteiger partial charge is 0.369 e. The molecule has 0 aliphatic carbocycles. The van der Waals surface area contributed by atoms with Gasteiger partial charge >= 0.3 is 0 Å². The molecule has 198 valence electrons. The maximum atomic E-state index is 13.7. The quantitative estimate of drug-likeness (QED) is 0.298. The van der Waals surface area contributed by atoms with Crippen molar-refractivity contribution in [2.75, 3.05) is 50.5 Å². The van der Waals surface area contributed by atoms with Gasteiger partial charge in [-0.05, 0) is 92.5 Å². The Morgan fingerprint density at radius 1 is 0.923 bits per heavy atom. The number of anilines is 3. The number of imidazole rings is 1.